The van der Waals surface area contributed by atoms with E-state index >= 15 is 0 Å². The molecule has 0 aromatic rings. The van der Waals surface area contributed by atoms with Crippen LogP contribution in [0.1, 0.15) is 168 Å². The summed E-state index contributed by atoms with van der Waals surface area (Å²) in [5, 5.41) is 86.4. The molecular formula is C42H81NO13. The minimum Gasteiger partial charge on any atom is -0.394 e. The van der Waals surface area contributed by atoms with E-state index in [4.69, 9.17) is 18.9 Å². The van der Waals surface area contributed by atoms with Gasteiger partial charge in [-0.3, -0.25) is 4.79 Å². The minimum atomic E-state index is -1.78. The van der Waals surface area contributed by atoms with Gasteiger partial charge in [0.05, 0.1) is 32.0 Å². The van der Waals surface area contributed by atoms with Gasteiger partial charge in [0.1, 0.15) is 48.8 Å². The monoisotopic (exact) mass is 808 g/mol. The number of hydrogen-bond donors (Lipinski definition) is 9. The molecule has 14 heteroatoms. The molecule has 0 bridgehead atoms. The predicted molar refractivity (Wildman–Crippen MR) is 212 cm³/mol. The molecule has 332 valence electrons. The van der Waals surface area contributed by atoms with Gasteiger partial charge in [0.2, 0.25) is 5.91 Å². The molecule has 1 amide bonds. The molecule has 0 radical (unpaired) electrons. The van der Waals surface area contributed by atoms with Crippen molar-refractivity contribution in [1.29, 1.82) is 0 Å². The molecule has 14 nitrogen and oxygen atoms in total. The lowest BCUT2D eigenvalue weighted by Crippen LogP contribution is -2.65. The average molecular weight is 808 g/mol. The van der Waals surface area contributed by atoms with Crippen LogP contribution >= 0.6 is 0 Å². The van der Waals surface area contributed by atoms with Gasteiger partial charge in [-0.05, 0) is 12.8 Å². The van der Waals surface area contributed by atoms with Crippen LogP contribution in [0.4, 0.5) is 0 Å². The molecule has 2 aliphatic heterocycles. The maximum atomic E-state index is 13.1. The van der Waals surface area contributed by atoms with Crippen LogP contribution in [0.25, 0.3) is 0 Å². The third-order valence-electron chi connectivity index (χ3n) is 11.3. The van der Waals surface area contributed by atoms with E-state index in [9.17, 15) is 45.6 Å². The fourth-order valence-electron chi connectivity index (χ4n) is 7.59. The lowest BCUT2D eigenvalue weighted by Gasteiger charge is -2.46. The lowest BCUT2D eigenvalue weighted by atomic mass is 9.97. The first-order chi connectivity index (χ1) is 27.1. The molecular weight excluding hydrogens is 726 g/mol. The molecule has 12 atom stereocenters. The summed E-state index contributed by atoms with van der Waals surface area (Å²) in [6, 6.07) is -0.818. The van der Waals surface area contributed by atoms with E-state index < -0.39 is 86.8 Å². The van der Waals surface area contributed by atoms with Crippen molar-refractivity contribution in [2.45, 2.75) is 242 Å². The molecule has 0 spiro atoms. The van der Waals surface area contributed by atoms with Gasteiger partial charge in [-0.1, -0.05) is 149 Å². The molecule has 2 aliphatic rings. The molecule has 2 fully saturated rings. The Labute approximate surface area is 336 Å². The number of ether oxygens (including phenoxy) is 4. The van der Waals surface area contributed by atoms with Gasteiger partial charge in [-0.25, -0.2) is 0 Å². The number of amides is 1. The number of aliphatic hydroxyl groups is 8. The molecule has 2 heterocycles. The summed E-state index contributed by atoms with van der Waals surface area (Å²) in [5.74, 6) is -0.210. The summed E-state index contributed by atoms with van der Waals surface area (Å²) >= 11 is 0. The van der Waals surface area contributed by atoms with Crippen molar-refractivity contribution in [2.75, 3.05) is 19.8 Å². The summed E-state index contributed by atoms with van der Waals surface area (Å²) < 4.78 is 22.6. The second-order valence-corrected chi connectivity index (χ2v) is 16.2. The highest BCUT2D eigenvalue weighted by atomic mass is 16.7. The number of carbonyl (C=O) groups excluding carboxylic acids is 1. The summed E-state index contributed by atoms with van der Waals surface area (Å²) in [4.78, 5) is 13.1. The topological polar surface area (TPSA) is 228 Å². The molecule has 56 heavy (non-hydrogen) atoms. The molecule has 0 aromatic heterocycles. The Morgan fingerprint density at radius 3 is 1.52 bits per heavy atom. The highest BCUT2D eigenvalue weighted by Crippen LogP contribution is 2.30. The van der Waals surface area contributed by atoms with Gasteiger partial charge in [-0.15, -0.1) is 0 Å². The number of nitrogens with one attached hydrogen (secondary N) is 1. The SMILES string of the molecule is CCCCCCCCCCCCCCC(O)C(COC1OC(CO)C(OC2OC(CO)C(O)C(O)C2O)C(O)C1O)NC(=O)CCCCCCCCCCCC. The zero-order chi connectivity index (χ0) is 41.1. The van der Waals surface area contributed by atoms with E-state index in [1.807, 2.05) is 0 Å². The quantitative estimate of drug-likeness (QED) is 0.0430. The fraction of sp³-hybridized carbons (Fsp3) is 0.976. The Balaban J connectivity index is 1.90. The van der Waals surface area contributed by atoms with Crippen molar-refractivity contribution < 1.29 is 64.6 Å². The highest BCUT2D eigenvalue weighted by Gasteiger charge is 2.51. The average Bonchev–Trinajstić information content (AvgIpc) is 3.19. The second kappa shape index (κ2) is 30.9. The standard InChI is InChI=1S/C42H81NO13/c1-3-5-7-9-11-13-15-16-17-19-21-23-25-31(46)30(43-34(47)26-24-22-20-18-14-12-10-8-6-4-2)29-53-41-39(52)37(50)40(33(28-45)55-41)56-42-38(51)36(49)35(48)32(27-44)54-42/h30-33,35-42,44-46,48-52H,3-29H2,1-2H3,(H,43,47). The van der Waals surface area contributed by atoms with E-state index in [1.54, 1.807) is 0 Å². The second-order valence-electron chi connectivity index (χ2n) is 16.2. The van der Waals surface area contributed by atoms with Crippen molar-refractivity contribution in [3.8, 4) is 0 Å². The van der Waals surface area contributed by atoms with Crippen molar-refractivity contribution >= 4 is 5.91 Å². The zero-order valence-corrected chi connectivity index (χ0v) is 34.6. The summed E-state index contributed by atoms with van der Waals surface area (Å²) in [5.41, 5.74) is 0. The van der Waals surface area contributed by atoms with Crippen LogP contribution in [-0.2, 0) is 23.7 Å². The number of rotatable bonds is 33. The minimum absolute atomic E-state index is 0.210. The van der Waals surface area contributed by atoms with Crippen molar-refractivity contribution in [2.24, 2.45) is 0 Å². The third kappa shape index (κ3) is 19.4. The Bertz CT molecular complexity index is 962. The summed E-state index contributed by atoms with van der Waals surface area (Å²) in [6.45, 7) is 2.80. The Hall–Kier alpha value is -1.01. The van der Waals surface area contributed by atoms with E-state index in [-0.39, 0.29) is 12.5 Å². The first kappa shape index (κ1) is 51.1. The van der Waals surface area contributed by atoms with Crippen LogP contribution in [0.15, 0.2) is 0 Å². The van der Waals surface area contributed by atoms with Gasteiger partial charge in [0, 0.05) is 6.42 Å². The number of unbranched alkanes of at least 4 members (excludes halogenated alkanes) is 20. The van der Waals surface area contributed by atoms with E-state index in [2.05, 4.69) is 19.2 Å². The van der Waals surface area contributed by atoms with Gasteiger partial charge >= 0.3 is 0 Å². The van der Waals surface area contributed by atoms with Crippen LogP contribution < -0.4 is 5.32 Å². The van der Waals surface area contributed by atoms with Crippen molar-refractivity contribution in [3.05, 3.63) is 0 Å². The van der Waals surface area contributed by atoms with E-state index in [1.165, 1.54) is 89.9 Å². The molecule has 0 aromatic carbocycles. The fourth-order valence-corrected chi connectivity index (χ4v) is 7.59. The molecule has 12 unspecified atom stereocenters. The van der Waals surface area contributed by atoms with Crippen LogP contribution in [0, 0.1) is 0 Å². The number of hydrogen-bond acceptors (Lipinski definition) is 13. The zero-order valence-electron chi connectivity index (χ0n) is 34.6. The number of aliphatic hydroxyl groups excluding tert-OH is 8. The molecule has 9 N–H and O–H groups in total. The third-order valence-corrected chi connectivity index (χ3v) is 11.3. The van der Waals surface area contributed by atoms with Gasteiger partial charge in [0.25, 0.3) is 0 Å². The van der Waals surface area contributed by atoms with Gasteiger partial charge in [-0.2, -0.15) is 0 Å². The largest absolute Gasteiger partial charge is 0.394 e. The molecule has 2 rings (SSSR count). The first-order valence-corrected chi connectivity index (χ1v) is 22.3. The maximum Gasteiger partial charge on any atom is 0.220 e. The van der Waals surface area contributed by atoms with Crippen LogP contribution in [0.2, 0.25) is 0 Å². The lowest BCUT2D eigenvalue weighted by molar-refractivity contribution is -0.359. The van der Waals surface area contributed by atoms with Crippen LogP contribution in [0.5, 0.6) is 0 Å². The van der Waals surface area contributed by atoms with Crippen molar-refractivity contribution in [3.63, 3.8) is 0 Å². The summed E-state index contributed by atoms with van der Waals surface area (Å²) in [7, 11) is 0. The molecule has 0 saturated carbocycles. The van der Waals surface area contributed by atoms with E-state index in [0.717, 1.165) is 51.4 Å². The van der Waals surface area contributed by atoms with Crippen LogP contribution in [0.3, 0.4) is 0 Å². The Morgan fingerprint density at radius 2 is 1.02 bits per heavy atom. The predicted octanol–water partition coefficient (Wildman–Crippen LogP) is 3.88. The normalized spacial score (nSPS) is 29.3. The van der Waals surface area contributed by atoms with E-state index in [0.29, 0.717) is 12.8 Å². The van der Waals surface area contributed by atoms with Gasteiger partial charge < -0.3 is 65.1 Å². The Morgan fingerprint density at radius 1 is 0.571 bits per heavy atom. The van der Waals surface area contributed by atoms with Gasteiger partial charge in [0.15, 0.2) is 12.6 Å². The van der Waals surface area contributed by atoms with Crippen LogP contribution in [-0.4, -0.2) is 140 Å². The maximum absolute atomic E-state index is 13.1. The highest BCUT2D eigenvalue weighted by molar-refractivity contribution is 5.76. The van der Waals surface area contributed by atoms with Crippen molar-refractivity contribution in [1.82, 2.24) is 5.32 Å². The molecule has 0 aliphatic carbocycles. The number of carbonyl (C=O) groups is 1. The first-order valence-electron chi connectivity index (χ1n) is 22.3. The molecule has 2 saturated heterocycles. The summed E-state index contributed by atoms with van der Waals surface area (Å²) in [6.07, 6.45) is 9.77. The Kier molecular flexibility index (Phi) is 28.3. The smallest absolute Gasteiger partial charge is 0.220 e.